The van der Waals surface area contributed by atoms with Gasteiger partial charge in [0, 0.05) is 32.4 Å². The van der Waals surface area contributed by atoms with Crippen LogP contribution in [0.1, 0.15) is 6.92 Å². The molecule has 1 aromatic rings. The number of nitrogens with one attached hydrogen (secondary N) is 1. The van der Waals surface area contributed by atoms with Crippen molar-refractivity contribution >= 4 is 36.4 Å². The van der Waals surface area contributed by atoms with Crippen LogP contribution >= 0.6 is 24.8 Å². The minimum atomic E-state index is -0.612. The van der Waals surface area contributed by atoms with E-state index in [1.165, 1.54) is 7.11 Å². The first-order chi connectivity index (χ1) is 9.06. The molecule has 0 radical (unpaired) electrons. The van der Waals surface area contributed by atoms with E-state index in [0.717, 1.165) is 5.69 Å². The van der Waals surface area contributed by atoms with Gasteiger partial charge in [0.2, 0.25) is 5.91 Å². The number of benzene rings is 1. The number of ether oxygens (including phenoxy) is 1. The van der Waals surface area contributed by atoms with Crippen LogP contribution < -0.4 is 16.0 Å². The Morgan fingerprint density at radius 2 is 1.90 bits per heavy atom. The fraction of sp³-hybridized carbons (Fsp3) is 0.500. The van der Waals surface area contributed by atoms with Gasteiger partial charge in [-0.25, -0.2) is 0 Å². The van der Waals surface area contributed by atoms with Crippen molar-refractivity contribution in [1.82, 2.24) is 5.32 Å². The van der Waals surface area contributed by atoms with Crippen LogP contribution in [0, 0.1) is 0 Å². The Labute approximate surface area is 139 Å². The van der Waals surface area contributed by atoms with Crippen LogP contribution in [-0.4, -0.2) is 45.3 Å². The lowest BCUT2D eigenvalue weighted by molar-refractivity contribution is -0.123. The average Bonchev–Trinajstić information content (AvgIpc) is 2.44. The summed E-state index contributed by atoms with van der Waals surface area (Å²) in [6.07, 6.45) is 0. The average molecular weight is 338 g/mol. The Morgan fingerprint density at radius 3 is 2.43 bits per heavy atom. The lowest BCUT2D eigenvalue weighted by Gasteiger charge is -2.27. The van der Waals surface area contributed by atoms with Crippen LogP contribution in [0.4, 0.5) is 5.69 Å². The van der Waals surface area contributed by atoms with Gasteiger partial charge in [0.25, 0.3) is 0 Å². The first kappa shape index (κ1) is 22.3. The SMILES string of the molecule is COCC(N)C(=O)NCC(C)N(C)c1ccccc1.Cl.Cl. The zero-order valence-electron chi connectivity index (χ0n) is 12.6. The van der Waals surface area contributed by atoms with Crippen LogP contribution in [0.25, 0.3) is 0 Å². The van der Waals surface area contributed by atoms with Gasteiger partial charge in [0.1, 0.15) is 6.04 Å². The van der Waals surface area contributed by atoms with Crippen molar-refractivity contribution in [2.24, 2.45) is 5.73 Å². The Balaban J connectivity index is 0. The van der Waals surface area contributed by atoms with Gasteiger partial charge < -0.3 is 20.7 Å². The molecule has 7 heteroatoms. The number of para-hydroxylation sites is 1. The molecule has 21 heavy (non-hydrogen) atoms. The fourth-order valence-corrected chi connectivity index (χ4v) is 1.69. The van der Waals surface area contributed by atoms with Gasteiger partial charge in [-0.15, -0.1) is 24.8 Å². The molecule has 1 amide bonds. The molecule has 3 N–H and O–H groups in total. The molecule has 0 heterocycles. The van der Waals surface area contributed by atoms with E-state index in [9.17, 15) is 4.79 Å². The molecule has 0 aliphatic heterocycles. The molecule has 0 saturated carbocycles. The van der Waals surface area contributed by atoms with Gasteiger partial charge in [-0.1, -0.05) is 18.2 Å². The summed E-state index contributed by atoms with van der Waals surface area (Å²) >= 11 is 0. The van der Waals surface area contributed by atoms with E-state index in [0.29, 0.717) is 6.54 Å². The number of amides is 1. The summed E-state index contributed by atoms with van der Waals surface area (Å²) in [5.74, 6) is -0.185. The number of nitrogens with zero attached hydrogens (tertiary/aromatic N) is 1. The van der Waals surface area contributed by atoms with Crippen LogP contribution in [0.3, 0.4) is 0 Å². The predicted molar refractivity (Wildman–Crippen MR) is 91.7 cm³/mol. The topological polar surface area (TPSA) is 67.6 Å². The number of methoxy groups -OCH3 is 1. The fourth-order valence-electron chi connectivity index (χ4n) is 1.69. The van der Waals surface area contributed by atoms with Crippen molar-refractivity contribution in [3.05, 3.63) is 30.3 Å². The second-order valence-corrected chi connectivity index (χ2v) is 4.60. The van der Waals surface area contributed by atoms with Crippen LogP contribution in [0.2, 0.25) is 0 Å². The maximum absolute atomic E-state index is 11.7. The Kier molecular flexibility index (Phi) is 12.3. The van der Waals surface area contributed by atoms with Gasteiger partial charge in [-0.2, -0.15) is 0 Å². The zero-order chi connectivity index (χ0) is 14.3. The highest BCUT2D eigenvalue weighted by Crippen LogP contribution is 2.13. The van der Waals surface area contributed by atoms with Crippen molar-refractivity contribution < 1.29 is 9.53 Å². The van der Waals surface area contributed by atoms with E-state index in [1.54, 1.807) is 0 Å². The van der Waals surface area contributed by atoms with Gasteiger partial charge in [-0.3, -0.25) is 4.79 Å². The number of anilines is 1. The molecule has 0 aliphatic rings. The van der Waals surface area contributed by atoms with E-state index in [4.69, 9.17) is 10.5 Å². The Hall–Kier alpha value is -1.01. The number of nitrogens with two attached hydrogens (primary N) is 1. The number of carbonyl (C=O) groups excluding carboxylic acids is 1. The molecule has 0 aromatic heterocycles. The summed E-state index contributed by atoms with van der Waals surface area (Å²) in [6.45, 7) is 2.82. The lowest BCUT2D eigenvalue weighted by Crippen LogP contribution is -2.47. The van der Waals surface area contributed by atoms with E-state index in [2.05, 4.69) is 17.1 Å². The molecule has 0 fully saturated rings. The molecular formula is C14H25Cl2N3O2. The third-order valence-corrected chi connectivity index (χ3v) is 3.08. The molecule has 122 valence electrons. The third kappa shape index (κ3) is 7.52. The minimum absolute atomic E-state index is 0. The lowest BCUT2D eigenvalue weighted by atomic mass is 10.2. The van der Waals surface area contributed by atoms with Crippen LogP contribution in [-0.2, 0) is 9.53 Å². The summed E-state index contributed by atoms with van der Waals surface area (Å²) in [5, 5.41) is 2.83. The van der Waals surface area contributed by atoms with E-state index in [1.807, 2.05) is 37.4 Å². The van der Waals surface area contributed by atoms with Crippen molar-refractivity contribution in [2.45, 2.75) is 19.0 Å². The molecule has 0 bridgehead atoms. The second-order valence-electron chi connectivity index (χ2n) is 4.60. The summed E-state index contributed by atoms with van der Waals surface area (Å²) < 4.78 is 4.85. The van der Waals surface area contributed by atoms with Gasteiger partial charge >= 0.3 is 0 Å². The van der Waals surface area contributed by atoms with Gasteiger partial charge in [0.05, 0.1) is 6.61 Å². The summed E-state index contributed by atoms with van der Waals surface area (Å²) in [5.41, 5.74) is 6.77. The Morgan fingerprint density at radius 1 is 1.33 bits per heavy atom. The number of hydrogen-bond donors (Lipinski definition) is 2. The van der Waals surface area contributed by atoms with Crippen LogP contribution in [0.5, 0.6) is 0 Å². The standard InChI is InChI=1S/C14H23N3O2.2ClH/c1-11(9-16-14(18)13(15)10-19-3)17(2)12-7-5-4-6-8-12;;/h4-8,11,13H,9-10,15H2,1-3H3,(H,16,18);2*1H. The number of likely N-dealkylation sites (N-methyl/N-ethyl adjacent to an activating group) is 1. The van der Waals surface area contributed by atoms with Crippen molar-refractivity contribution in [1.29, 1.82) is 0 Å². The molecule has 1 rings (SSSR count). The molecule has 0 aliphatic carbocycles. The molecule has 2 atom stereocenters. The van der Waals surface area contributed by atoms with Crippen LogP contribution in [0.15, 0.2) is 30.3 Å². The molecule has 1 aromatic carbocycles. The smallest absolute Gasteiger partial charge is 0.239 e. The summed E-state index contributed by atoms with van der Waals surface area (Å²) in [7, 11) is 3.53. The number of halogens is 2. The largest absolute Gasteiger partial charge is 0.383 e. The van der Waals surface area contributed by atoms with E-state index < -0.39 is 6.04 Å². The molecule has 2 unspecified atom stereocenters. The van der Waals surface area contributed by atoms with E-state index in [-0.39, 0.29) is 43.4 Å². The Bertz CT molecular complexity index is 393. The monoisotopic (exact) mass is 337 g/mol. The van der Waals surface area contributed by atoms with E-state index >= 15 is 0 Å². The van der Waals surface area contributed by atoms with Gasteiger partial charge in [-0.05, 0) is 19.1 Å². The number of hydrogen-bond acceptors (Lipinski definition) is 4. The predicted octanol–water partition coefficient (Wildman–Crippen LogP) is 1.44. The van der Waals surface area contributed by atoms with Crippen molar-refractivity contribution in [3.63, 3.8) is 0 Å². The highest BCUT2D eigenvalue weighted by Gasteiger charge is 2.15. The normalized spacial score (nSPS) is 12.4. The second kappa shape index (κ2) is 11.6. The molecule has 5 nitrogen and oxygen atoms in total. The molecule has 0 spiro atoms. The number of rotatable bonds is 7. The van der Waals surface area contributed by atoms with Crippen molar-refractivity contribution in [3.8, 4) is 0 Å². The molecule has 0 saturated heterocycles. The van der Waals surface area contributed by atoms with Crippen molar-refractivity contribution in [2.75, 3.05) is 32.2 Å². The number of carbonyl (C=O) groups is 1. The minimum Gasteiger partial charge on any atom is -0.383 e. The zero-order valence-corrected chi connectivity index (χ0v) is 14.2. The maximum atomic E-state index is 11.7. The maximum Gasteiger partial charge on any atom is 0.239 e. The highest BCUT2D eigenvalue weighted by atomic mass is 35.5. The molecular weight excluding hydrogens is 313 g/mol. The summed E-state index contributed by atoms with van der Waals surface area (Å²) in [6, 6.07) is 9.61. The summed E-state index contributed by atoms with van der Waals surface area (Å²) in [4.78, 5) is 13.8. The first-order valence-electron chi connectivity index (χ1n) is 6.36. The first-order valence-corrected chi connectivity index (χ1v) is 6.36. The third-order valence-electron chi connectivity index (χ3n) is 3.08. The van der Waals surface area contributed by atoms with Gasteiger partial charge in [0.15, 0.2) is 0 Å². The highest BCUT2D eigenvalue weighted by molar-refractivity contribution is 5.85. The quantitative estimate of drug-likeness (QED) is 0.790.